The molecule has 1 aliphatic carbocycles. The second kappa shape index (κ2) is 1.95. The Morgan fingerprint density at radius 1 is 1.50 bits per heavy atom. The Morgan fingerprint density at radius 3 is 2.60 bits per heavy atom. The van der Waals surface area contributed by atoms with Gasteiger partial charge < -0.3 is 15.2 Å². The molecule has 2 N–H and O–H groups in total. The molecule has 1 saturated heterocycles. The van der Waals surface area contributed by atoms with Crippen LogP contribution in [0.25, 0.3) is 0 Å². The Labute approximate surface area is 59.4 Å². The zero-order valence-corrected chi connectivity index (χ0v) is 5.75. The number of rotatable bonds is 1. The highest BCUT2D eigenvalue weighted by Gasteiger charge is 2.43. The number of quaternary nitrogens is 1. The van der Waals surface area contributed by atoms with Crippen LogP contribution in [0.15, 0.2) is 0 Å². The van der Waals surface area contributed by atoms with Gasteiger partial charge in [0.15, 0.2) is 0 Å². The van der Waals surface area contributed by atoms with Gasteiger partial charge in [-0.1, -0.05) is 0 Å². The maximum Gasteiger partial charge on any atom is 0.129 e. The molecule has 1 aliphatic heterocycles. The number of carboxylic acid groups (broad SMARTS) is 1. The van der Waals surface area contributed by atoms with Gasteiger partial charge in [0.25, 0.3) is 0 Å². The van der Waals surface area contributed by atoms with Crippen molar-refractivity contribution in [3.05, 3.63) is 0 Å². The van der Waals surface area contributed by atoms with E-state index in [-0.39, 0.29) is 6.04 Å². The number of fused-ring (bicyclic) bond motifs is 2. The van der Waals surface area contributed by atoms with Crippen LogP contribution in [0, 0.1) is 5.92 Å². The largest absolute Gasteiger partial charge is 0.544 e. The molecule has 0 spiro atoms. The minimum absolute atomic E-state index is 0.223. The maximum atomic E-state index is 10.4. The third-order valence-electron chi connectivity index (χ3n) is 2.77. The Kier molecular flexibility index (Phi) is 1.20. The average Bonchev–Trinajstić information content (AvgIpc) is 2.44. The van der Waals surface area contributed by atoms with Crippen molar-refractivity contribution in [1.29, 1.82) is 0 Å². The summed E-state index contributed by atoms with van der Waals surface area (Å²) in [6.07, 6.45) is 3.40. The van der Waals surface area contributed by atoms with Crippen molar-refractivity contribution in [2.24, 2.45) is 5.92 Å². The quantitative estimate of drug-likeness (QED) is 0.452. The molecule has 3 heteroatoms. The number of carbonyl (C=O) groups is 1. The van der Waals surface area contributed by atoms with Gasteiger partial charge in [0.2, 0.25) is 0 Å². The van der Waals surface area contributed by atoms with E-state index in [1.807, 2.05) is 5.32 Å². The lowest BCUT2D eigenvalue weighted by Crippen LogP contribution is -2.95. The fourth-order valence-corrected chi connectivity index (χ4v) is 2.28. The van der Waals surface area contributed by atoms with Crippen LogP contribution < -0.4 is 10.4 Å². The normalized spacial score (nSPS) is 44.2. The van der Waals surface area contributed by atoms with Crippen molar-refractivity contribution in [1.82, 2.24) is 0 Å². The van der Waals surface area contributed by atoms with Gasteiger partial charge in [-0.2, -0.15) is 0 Å². The van der Waals surface area contributed by atoms with E-state index >= 15 is 0 Å². The standard InChI is InChI=1S/C7H11NO2/c9-7(10)6-4-1-2-5(3-4)8-6/h4-6,8H,1-3H2,(H,9,10)/t4-,5-,6-/m1/s1. The van der Waals surface area contributed by atoms with Crippen LogP contribution in [0.5, 0.6) is 0 Å². The molecule has 1 saturated carbocycles. The van der Waals surface area contributed by atoms with Crippen molar-refractivity contribution in [2.75, 3.05) is 0 Å². The van der Waals surface area contributed by atoms with E-state index in [1.165, 1.54) is 6.42 Å². The van der Waals surface area contributed by atoms with Gasteiger partial charge in [0, 0.05) is 12.3 Å². The van der Waals surface area contributed by atoms with Crippen LogP contribution in [0.3, 0.4) is 0 Å². The predicted molar refractivity (Wildman–Crippen MR) is 31.8 cm³/mol. The molecule has 0 aromatic heterocycles. The summed E-state index contributed by atoms with van der Waals surface area (Å²) in [7, 11) is 0. The Bertz CT molecular complexity index is 169. The van der Waals surface area contributed by atoms with Gasteiger partial charge in [-0.15, -0.1) is 0 Å². The molecule has 2 aliphatic rings. The van der Waals surface area contributed by atoms with Gasteiger partial charge in [0.1, 0.15) is 6.04 Å². The van der Waals surface area contributed by atoms with Crippen LogP contribution in [-0.2, 0) is 4.79 Å². The molecular weight excluding hydrogens is 130 g/mol. The molecule has 56 valence electrons. The van der Waals surface area contributed by atoms with Crippen LogP contribution in [0.2, 0.25) is 0 Å². The Morgan fingerprint density at radius 2 is 2.30 bits per heavy atom. The summed E-state index contributed by atoms with van der Waals surface area (Å²) in [6, 6.07) is 0.367. The number of hydrogen-bond acceptors (Lipinski definition) is 2. The molecule has 3 nitrogen and oxygen atoms in total. The smallest absolute Gasteiger partial charge is 0.129 e. The molecule has 3 atom stereocenters. The number of piperidine rings is 1. The maximum absolute atomic E-state index is 10.4. The number of hydrogen-bond donors (Lipinski definition) is 1. The van der Waals surface area contributed by atoms with Gasteiger partial charge in [0.05, 0.1) is 12.0 Å². The molecule has 1 heterocycles. The van der Waals surface area contributed by atoms with Gasteiger partial charge >= 0.3 is 0 Å². The second-order valence-electron chi connectivity index (χ2n) is 3.37. The lowest BCUT2D eigenvalue weighted by atomic mass is 10.0. The highest BCUT2D eigenvalue weighted by atomic mass is 16.4. The first kappa shape index (κ1) is 6.16. The van der Waals surface area contributed by atoms with E-state index in [2.05, 4.69) is 0 Å². The van der Waals surface area contributed by atoms with Crippen LogP contribution in [0.4, 0.5) is 0 Å². The van der Waals surface area contributed by atoms with Crippen LogP contribution in [-0.4, -0.2) is 18.1 Å². The minimum Gasteiger partial charge on any atom is -0.544 e. The molecule has 0 aromatic carbocycles. The Hall–Kier alpha value is -0.570. The van der Waals surface area contributed by atoms with E-state index in [9.17, 15) is 9.90 Å². The lowest BCUT2D eigenvalue weighted by molar-refractivity contribution is -0.704. The van der Waals surface area contributed by atoms with Gasteiger partial charge in [-0.05, 0) is 12.8 Å². The molecule has 0 radical (unpaired) electrons. The van der Waals surface area contributed by atoms with E-state index in [4.69, 9.17) is 0 Å². The fraction of sp³-hybridized carbons (Fsp3) is 0.857. The summed E-state index contributed by atoms with van der Waals surface area (Å²) in [5.41, 5.74) is 0. The first-order chi connectivity index (χ1) is 4.77. The van der Waals surface area contributed by atoms with Crippen LogP contribution >= 0.6 is 0 Å². The summed E-state index contributed by atoms with van der Waals surface area (Å²) in [4.78, 5) is 10.4. The summed E-state index contributed by atoms with van der Waals surface area (Å²) in [5, 5.41) is 12.4. The third kappa shape index (κ3) is 0.736. The molecule has 0 amide bonds. The first-order valence-electron chi connectivity index (χ1n) is 3.83. The summed E-state index contributed by atoms with van der Waals surface area (Å²) < 4.78 is 0. The van der Waals surface area contributed by atoms with Crippen molar-refractivity contribution in [3.63, 3.8) is 0 Å². The van der Waals surface area contributed by atoms with Gasteiger partial charge in [-0.3, -0.25) is 0 Å². The SMILES string of the molecule is O=C([O-])[C@@H]1[NH2+][C@@H]2CC[C@@H]1C2. The molecule has 2 bridgehead atoms. The monoisotopic (exact) mass is 141 g/mol. The number of carbonyl (C=O) groups excluding carboxylic acids is 1. The van der Waals surface area contributed by atoms with Gasteiger partial charge in [-0.25, -0.2) is 0 Å². The molecular formula is C7H11NO2. The van der Waals surface area contributed by atoms with Crippen molar-refractivity contribution in [3.8, 4) is 0 Å². The Balaban J connectivity index is 2.08. The molecule has 10 heavy (non-hydrogen) atoms. The average molecular weight is 141 g/mol. The predicted octanol–water partition coefficient (Wildman–Crippen LogP) is -2.15. The van der Waals surface area contributed by atoms with E-state index in [0.717, 1.165) is 12.8 Å². The van der Waals surface area contributed by atoms with Crippen molar-refractivity contribution >= 4 is 5.97 Å². The summed E-state index contributed by atoms with van der Waals surface area (Å²) in [5.74, 6) is -0.456. The number of carboxylic acids is 1. The lowest BCUT2D eigenvalue weighted by Gasteiger charge is -2.19. The highest BCUT2D eigenvalue weighted by molar-refractivity contribution is 5.70. The van der Waals surface area contributed by atoms with E-state index < -0.39 is 5.97 Å². The topological polar surface area (TPSA) is 56.7 Å². The number of aliphatic carboxylic acids is 1. The molecule has 2 rings (SSSR count). The zero-order chi connectivity index (χ0) is 7.14. The van der Waals surface area contributed by atoms with Crippen molar-refractivity contribution < 1.29 is 15.2 Å². The molecule has 0 unspecified atom stereocenters. The molecule has 0 aromatic rings. The van der Waals surface area contributed by atoms with Crippen LogP contribution in [0.1, 0.15) is 19.3 Å². The fourth-order valence-electron chi connectivity index (χ4n) is 2.28. The van der Waals surface area contributed by atoms with E-state index in [0.29, 0.717) is 12.0 Å². The van der Waals surface area contributed by atoms with Crippen molar-refractivity contribution in [2.45, 2.75) is 31.3 Å². The molecule has 2 fully saturated rings. The van der Waals surface area contributed by atoms with E-state index in [1.54, 1.807) is 0 Å². The summed E-state index contributed by atoms with van der Waals surface area (Å²) >= 11 is 0. The highest BCUT2D eigenvalue weighted by Crippen LogP contribution is 2.29. The number of nitrogens with two attached hydrogens (primary N) is 1. The third-order valence-corrected chi connectivity index (χ3v) is 2.77. The minimum atomic E-state index is -0.868. The second-order valence-corrected chi connectivity index (χ2v) is 3.37. The first-order valence-corrected chi connectivity index (χ1v) is 3.83. The summed E-state index contributed by atoms with van der Waals surface area (Å²) in [6.45, 7) is 0. The zero-order valence-electron chi connectivity index (χ0n) is 5.75.